The highest BCUT2D eigenvalue weighted by Gasteiger charge is 2.59. The molecular weight excluding hydrogens is 530 g/mol. The number of ether oxygens (including phenoxy) is 2. The molecule has 8 nitrogen and oxygen atoms in total. The zero-order valence-electron chi connectivity index (χ0n) is 19.1. The van der Waals surface area contributed by atoms with Crippen molar-refractivity contribution in [3.8, 4) is 5.75 Å². The molecule has 4 unspecified atom stereocenters. The molecule has 0 N–H and O–H groups in total. The summed E-state index contributed by atoms with van der Waals surface area (Å²) in [4.78, 5) is 63.3. The first kappa shape index (κ1) is 24.1. The minimum Gasteiger partial charge on any atom is -0.457 e. The van der Waals surface area contributed by atoms with Crippen LogP contribution in [0.2, 0.25) is 0 Å². The van der Waals surface area contributed by atoms with Gasteiger partial charge in [-0.1, -0.05) is 28.1 Å². The van der Waals surface area contributed by atoms with Crippen molar-refractivity contribution in [3.63, 3.8) is 0 Å². The number of hydrogen-bond acceptors (Lipinski definition) is 7. The molecule has 0 radical (unpaired) electrons. The summed E-state index contributed by atoms with van der Waals surface area (Å²) in [6.07, 6.45) is 4.70. The maximum atomic E-state index is 12.7. The zero-order valence-corrected chi connectivity index (χ0v) is 20.7. The number of allylic oxidation sites excluding steroid dienone is 2. The van der Waals surface area contributed by atoms with Crippen LogP contribution in [0, 0.1) is 23.7 Å². The largest absolute Gasteiger partial charge is 0.457 e. The van der Waals surface area contributed by atoms with Crippen LogP contribution < -0.4 is 4.74 Å². The number of carbonyl (C=O) groups excluding carboxylic acids is 5. The van der Waals surface area contributed by atoms with E-state index >= 15 is 0 Å². The van der Waals surface area contributed by atoms with Crippen LogP contribution in [0.5, 0.6) is 5.75 Å². The number of benzene rings is 2. The number of nitrogens with zero attached hydrogens (tertiary/aromatic N) is 1. The summed E-state index contributed by atoms with van der Waals surface area (Å²) in [5, 5.41) is 0. The van der Waals surface area contributed by atoms with Gasteiger partial charge in [-0.05, 0) is 66.8 Å². The molecule has 36 heavy (non-hydrogen) atoms. The van der Waals surface area contributed by atoms with Crippen molar-refractivity contribution in [1.82, 2.24) is 4.90 Å². The fourth-order valence-corrected chi connectivity index (χ4v) is 5.41. The molecule has 2 amide bonds. The van der Waals surface area contributed by atoms with Crippen LogP contribution in [0.4, 0.5) is 0 Å². The molecule has 1 aliphatic heterocycles. The summed E-state index contributed by atoms with van der Waals surface area (Å²) in [5.74, 6) is -2.17. The van der Waals surface area contributed by atoms with E-state index in [0.29, 0.717) is 5.56 Å². The van der Waals surface area contributed by atoms with E-state index in [1.807, 2.05) is 12.2 Å². The van der Waals surface area contributed by atoms with Gasteiger partial charge in [0.05, 0.1) is 23.8 Å². The van der Waals surface area contributed by atoms with E-state index in [2.05, 4.69) is 15.9 Å². The number of rotatable bonds is 8. The number of hydrogen-bond donors (Lipinski definition) is 0. The molecule has 0 spiro atoms. The van der Waals surface area contributed by atoms with Crippen LogP contribution in [0.15, 0.2) is 65.2 Å². The van der Waals surface area contributed by atoms with E-state index in [9.17, 15) is 24.0 Å². The Bertz CT molecular complexity index is 1240. The lowest BCUT2D eigenvalue weighted by molar-refractivity contribution is -0.145. The van der Waals surface area contributed by atoms with Crippen molar-refractivity contribution in [2.24, 2.45) is 23.7 Å². The lowest BCUT2D eigenvalue weighted by atomic mass is 9.85. The smallest absolute Gasteiger partial charge is 0.343 e. The Hall–Kier alpha value is -3.59. The molecule has 1 saturated heterocycles. The van der Waals surface area contributed by atoms with Crippen LogP contribution in [-0.2, 0) is 19.1 Å². The molecule has 1 heterocycles. The Balaban J connectivity index is 1.08. The quantitative estimate of drug-likeness (QED) is 0.162. The molecule has 9 heteroatoms. The van der Waals surface area contributed by atoms with Crippen molar-refractivity contribution in [2.75, 3.05) is 13.2 Å². The van der Waals surface area contributed by atoms with Crippen LogP contribution in [0.3, 0.4) is 0 Å². The molecule has 2 aliphatic carbocycles. The molecule has 0 aromatic heterocycles. The third-order valence-electron chi connectivity index (χ3n) is 6.93. The van der Waals surface area contributed by atoms with Gasteiger partial charge in [-0.2, -0.15) is 0 Å². The van der Waals surface area contributed by atoms with E-state index in [0.717, 1.165) is 10.9 Å². The SMILES string of the molecule is O=C(CCN1C(=O)C2C3C=CC(C3)C2C1=O)OCC(=O)c1ccc(OC(=O)c2ccc(Br)cc2)cc1. The van der Waals surface area contributed by atoms with Gasteiger partial charge in [0.2, 0.25) is 11.8 Å². The van der Waals surface area contributed by atoms with Gasteiger partial charge in [0.25, 0.3) is 0 Å². The second-order valence-corrected chi connectivity index (χ2v) is 10.00. The molecule has 2 fully saturated rings. The first-order valence-electron chi connectivity index (χ1n) is 11.6. The molecule has 3 aliphatic rings. The zero-order chi connectivity index (χ0) is 25.4. The number of fused-ring (bicyclic) bond motifs is 5. The summed E-state index contributed by atoms with van der Waals surface area (Å²) in [6.45, 7) is -0.520. The van der Waals surface area contributed by atoms with Crippen molar-refractivity contribution in [2.45, 2.75) is 12.8 Å². The van der Waals surface area contributed by atoms with Crippen molar-refractivity contribution >= 4 is 45.5 Å². The Morgan fingerprint density at radius 1 is 0.861 bits per heavy atom. The summed E-state index contributed by atoms with van der Waals surface area (Å²) in [7, 11) is 0. The molecule has 2 bridgehead atoms. The number of Topliss-reactive ketones (excluding diaryl/α,β-unsaturated/α-hetero) is 1. The molecule has 2 aromatic rings. The van der Waals surface area contributed by atoms with Crippen molar-refractivity contribution < 1.29 is 33.4 Å². The standard InChI is InChI=1S/C27H22BrNO7/c28-19-7-3-16(4-8-19)27(34)36-20-9-5-15(6-10-20)21(30)14-35-22(31)11-12-29-25(32)23-17-1-2-18(13-17)24(23)26(29)33/h1-10,17-18,23-24H,11-14H2. The van der Waals surface area contributed by atoms with Crippen molar-refractivity contribution in [1.29, 1.82) is 0 Å². The van der Waals surface area contributed by atoms with Gasteiger partial charge in [0.1, 0.15) is 5.75 Å². The average molecular weight is 552 g/mol. The van der Waals surface area contributed by atoms with E-state index in [1.165, 1.54) is 29.2 Å². The predicted molar refractivity (Wildman–Crippen MR) is 130 cm³/mol. The third-order valence-corrected chi connectivity index (χ3v) is 7.46. The summed E-state index contributed by atoms with van der Waals surface area (Å²) in [5.41, 5.74) is 0.668. The topological polar surface area (TPSA) is 107 Å². The summed E-state index contributed by atoms with van der Waals surface area (Å²) in [6, 6.07) is 12.6. The highest BCUT2D eigenvalue weighted by atomic mass is 79.9. The highest BCUT2D eigenvalue weighted by molar-refractivity contribution is 9.10. The summed E-state index contributed by atoms with van der Waals surface area (Å²) >= 11 is 3.30. The van der Waals surface area contributed by atoms with Gasteiger partial charge < -0.3 is 9.47 Å². The van der Waals surface area contributed by atoms with Gasteiger partial charge >= 0.3 is 11.9 Å². The number of carbonyl (C=O) groups is 5. The fourth-order valence-electron chi connectivity index (χ4n) is 5.15. The molecule has 2 aromatic carbocycles. The number of ketones is 1. The Morgan fingerprint density at radius 2 is 1.44 bits per heavy atom. The van der Waals surface area contributed by atoms with Gasteiger partial charge in [0.15, 0.2) is 12.4 Å². The van der Waals surface area contributed by atoms with Crippen LogP contribution in [-0.4, -0.2) is 47.6 Å². The lowest BCUT2D eigenvalue weighted by Gasteiger charge is -2.16. The van der Waals surface area contributed by atoms with E-state index in [4.69, 9.17) is 9.47 Å². The maximum Gasteiger partial charge on any atom is 0.343 e. The van der Waals surface area contributed by atoms with Crippen molar-refractivity contribution in [3.05, 3.63) is 76.3 Å². The van der Waals surface area contributed by atoms with Crippen LogP contribution >= 0.6 is 15.9 Å². The Morgan fingerprint density at radius 3 is 2.06 bits per heavy atom. The molecule has 5 rings (SSSR count). The number of amides is 2. The van der Waals surface area contributed by atoms with E-state index < -0.39 is 24.3 Å². The van der Waals surface area contributed by atoms with Gasteiger partial charge in [0, 0.05) is 16.6 Å². The molecule has 1 saturated carbocycles. The minimum absolute atomic E-state index is 0.0461. The average Bonchev–Trinajstić information content (AvgIpc) is 3.56. The normalized spacial score (nSPS) is 23.6. The number of likely N-dealkylation sites (tertiary alicyclic amines) is 1. The Kier molecular flexibility index (Phi) is 6.57. The third kappa shape index (κ3) is 4.63. The predicted octanol–water partition coefficient (Wildman–Crippen LogP) is 3.59. The van der Waals surface area contributed by atoms with Crippen LogP contribution in [0.25, 0.3) is 0 Å². The van der Waals surface area contributed by atoms with Crippen LogP contribution in [0.1, 0.15) is 33.6 Å². The Labute approximate surface area is 215 Å². The summed E-state index contributed by atoms with van der Waals surface area (Å²) < 4.78 is 11.2. The lowest BCUT2D eigenvalue weighted by Crippen LogP contribution is -2.35. The van der Waals surface area contributed by atoms with E-state index in [1.54, 1.807) is 24.3 Å². The minimum atomic E-state index is -0.665. The number of imide groups is 1. The van der Waals surface area contributed by atoms with Gasteiger partial charge in [-0.15, -0.1) is 0 Å². The number of esters is 2. The fraction of sp³-hybridized carbons (Fsp3) is 0.296. The number of halogens is 1. The van der Waals surface area contributed by atoms with E-state index in [-0.39, 0.29) is 59.8 Å². The second-order valence-electron chi connectivity index (χ2n) is 9.08. The highest BCUT2D eigenvalue weighted by Crippen LogP contribution is 2.52. The maximum absolute atomic E-state index is 12.7. The van der Waals surface area contributed by atoms with Gasteiger partial charge in [-0.3, -0.25) is 24.1 Å². The second kappa shape index (κ2) is 9.81. The first-order chi connectivity index (χ1) is 17.3. The molecular formula is C27H22BrNO7. The molecule has 4 atom stereocenters. The monoisotopic (exact) mass is 551 g/mol. The van der Waals surface area contributed by atoms with Gasteiger partial charge in [-0.25, -0.2) is 4.79 Å². The molecule has 184 valence electrons. The first-order valence-corrected chi connectivity index (χ1v) is 12.4.